The number of aromatic nitrogens is 4. The zero-order valence-electron chi connectivity index (χ0n) is 12.9. The number of pyridine rings is 1. The minimum Gasteiger partial charge on any atom is -0.269 e. The lowest BCUT2D eigenvalue weighted by molar-refractivity contribution is 0.951. The van der Waals surface area contributed by atoms with Gasteiger partial charge in [0.05, 0.1) is 5.69 Å². The molecule has 0 saturated heterocycles. The molecule has 3 rings (SSSR count). The van der Waals surface area contributed by atoms with Crippen LogP contribution in [0.5, 0.6) is 0 Å². The molecule has 5 nitrogen and oxygen atoms in total. The van der Waals surface area contributed by atoms with Crippen molar-refractivity contribution >= 4 is 40.5 Å². The van der Waals surface area contributed by atoms with Crippen LogP contribution in [0.4, 0.5) is 0 Å². The van der Waals surface area contributed by atoms with Crippen molar-refractivity contribution < 1.29 is 0 Å². The average Bonchev–Trinajstić information content (AvgIpc) is 3.00. The zero-order valence-corrected chi connectivity index (χ0v) is 15.3. The van der Waals surface area contributed by atoms with E-state index in [1.165, 1.54) is 0 Å². The standard InChI is InChI=1S/C15H16N4OS3/c1-3-7-21-14-17-18-15(23-14)22-9-11-8-12(20)19-6-4-5-10(2)13(19)16-11/h4-6,8H,3,7,9H2,1-2H3. The third-order valence-electron chi connectivity index (χ3n) is 3.10. The van der Waals surface area contributed by atoms with Gasteiger partial charge >= 0.3 is 0 Å². The molecule has 0 atom stereocenters. The highest BCUT2D eigenvalue weighted by atomic mass is 32.2. The molecule has 8 heteroatoms. The number of hydrogen-bond donors (Lipinski definition) is 0. The molecule has 0 fully saturated rings. The first-order valence-electron chi connectivity index (χ1n) is 7.24. The van der Waals surface area contributed by atoms with Gasteiger partial charge in [-0.15, -0.1) is 10.2 Å². The van der Waals surface area contributed by atoms with Crippen molar-refractivity contribution in [2.24, 2.45) is 0 Å². The Kier molecular flexibility index (Phi) is 5.34. The lowest BCUT2D eigenvalue weighted by Crippen LogP contribution is -2.15. The van der Waals surface area contributed by atoms with Gasteiger partial charge in [-0.05, 0) is 25.0 Å². The molecule has 0 saturated carbocycles. The molecular formula is C15H16N4OS3. The van der Waals surface area contributed by atoms with Crippen LogP contribution >= 0.6 is 34.9 Å². The quantitative estimate of drug-likeness (QED) is 0.622. The van der Waals surface area contributed by atoms with Crippen molar-refractivity contribution in [1.29, 1.82) is 0 Å². The smallest absolute Gasteiger partial charge is 0.258 e. The van der Waals surface area contributed by atoms with E-state index in [4.69, 9.17) is 0 Å². The number of rotatable bonds is 6. The van der Waals surface area contributed by atoms with Crippen molar-refractivity contribution in [3.63, 3.8) is 0 Å². The Balaban J connectivity index is 1.75. The molecule has 0 spiro atoms. The van der Waals surface area contributed by atoms with Crippen LogP contribution in [0.15, 0.2) is 37.9 Å². The van der Waals surface area contributed by atoms with E-state index in [-0.39, 0.29) is 5.56 Å². The largest absolute Gasteiger partial charge is 0.269 e. The van der Waals surface area contributed by atoms with Crippen LogP contribution in [-0.2, 0) is 5.75 Å². The Morgan fingerprint density at radius 1 is 1.26 bits per heavy atom. The van der Waals surface area contributed by atoms with Crippen LogP contribution < -0.4 is 5.56 Å². The summed E-state index contributed by atoms with van der Waals surface area (Å²) in [6.07, 6.45) is 2.87. The van der Waals surface area contributed by atoms with E-state index in [0.717, 1.165) is 32.1 Å². The molecule has 0 aliphatic rings. The first-order chi connectivity index (χ1) is 11.2. The first-order valence-corrected chi connectivity index (χ1v) is 10.0. The van der Waals surface area contributed by atoms with Gasteiger partial charge in [-0.2, -0.15) is 0 Å². The maximum Gasteiger partial charge on any atom is 0.258 e. The van der Waals surface area contributed by atoms with Crippen molar-refractivity contribution in [1.82, 2.24) is 19.6 Å². The minimum absolute atomic E-state index is 0.0502. The van der Waals surface area contributed by atoms with Crippen molar-refractivity contribution in [2.75, 3.05) is 5.75 Å². The predicted molar refractivity (Wildman–Crippen MR) is 96.7 cm³/mol. The molecule has 0 aliphatic carbocycles. The lowest BCUT2D eigenvalue weighted by Gasteiger charge is -2.05. The molecule has 3 heterocycles. The monoisotopic (exact) mass is 364 g/mol. The summed E-state index contributed by atoms with van der Waals surface area (Å²) in [7, 11) is 0. The van der Waals surface area contributed by atoms with Gasteiger partial charge in [0, 0.05) is 23.8 Å². The van der Waals surface area contributed by atoms with E-state index in [1.807, 2.05) is 19.1 Å². The Hall–Kier alpha value is -1.38. The van der Waals surface area contributed by atoms with Crippen LogP contribution in [0, 0.1) is 6.92 Å². The first kappa shape index (κ1) is 16.5. The molecule has 3 aromatic heterocycles. The van der Waals surface area contributed by atoms with Gasteiger partial charge in [-0.25, -0.2) is 4.98 Å². The Labute approximate surface area is 146 Å². The second kappa shape index (κ2) is 7.46. The maximum absolute atomic E-state index is 12.2. The van der Waals surface area contributed by atoms with E-state index >= 15 is 0 Å². The van der Waals surface area contributed by atoms with Gasteiger partial charge in [0.25, 0.3) is 5.56 Å². The fourth-order valence-electron chi connectivity index (χ4n) is 2.02. The second-order valence-corrected chi connectivity index (χ2v) is 8.48. The van der Waals surface area contributed by atoms with Crippen LogP contribution in [0.3, 0.4) is 0 Å². The third-order valence-corrected chi connectivity index (χ3v) is 6.53. The molecule has 23 heavy (non-hydrogen) atoms. The highest BCUT2D eigenvalue weighted by molar-refractivity contribution is 8.02. The molecular weight excluding hydrogens is 348 g/mol. The van der Waals surface area contributed by atoms with Gasteiger partial charge in [0.1, 0.15) is 5.65 Å². The summed E-state index contributed by atoms with van der Waals surface area (Å²) in [4.78, 5) is 16.8. The van der Waals surface area contributed by atoms with Gasteiger partial charge in [0.2, 0.25) is 0 Å². The number of nitrogens with zero attached hydrogens (tertiary/aromatic N) is 4. The fraction of sp³-hybridized carbons (Fsp3) is 0.333. The molecule has 0 aromatic carbocycles. The number of hydrogen-bond acceptors (Lipinski definition) is 7. The molecule has 0 bridgehead atoms. The Morgan fingerprint density at radius 3 is 2.83 bits per heavy atom. The summed E-state index contributed by atoms with van der Waals surface area (Å²) in [5, 5.41) is 8.36. The summed E-state index contributed by atoms with van der Waals surface area (Å²) >= 11 is 4.90. The van der Waals surface area contributed by atoms with Crippen LogP contribution in [0.2, 0.25) is 0 Å². The topological polar surface area (TPSA) is 60.2 Å². The van der Waals surface area contributed by atoms with Crippen LogP contribution in [-0.4, -0.2) is 25.3 Å². The lowest BCUT2D eigenvalue weighted by atomic mass is 10.3. The van der Waals surface area contributed by atoms with Crippen LogP contribution in [0.25, 0.3) is 5.65 Å². The highest BCUT2D eigenvalue weighted by Gasteiger charge is 2.08. The number of aryl methyl sites for hydroxylation is 1. The maximum atomic E-state index is 12.2. The summed E-state index contributed by atoms with van der Waals surface area (Å²) in [5.74, 6) is 1.68. The van der Waals surface area contributed by atoms with Gasteiger partial charge < -0.3 is 0 Å². The van der Waals surface area contributed by atoms with Crippen molar-refractivity contribution in [3.8, 4) is 0 Å². The number of fused-ring (bicyclic) bond motifs is 1. The van der Waals surface area contributed by atoms with E-state index in [0.29, 0.717) is 11.4 Å². The molecule has 0 radical (unpaired) electrons. The Bertz CT molecular complexity index is 875. The number of thioether (sulfide) groups is 2. The van der Waals surface area contributed by atoms with Gasteiger partial charge in [0.15, 0.2) is 8.68 Å². The summed E-state index contributed by atoms with van der Waals surface area (Å²) in [6.45, 7) is 4.11. The predicted octanol–water partition coefficient (Wildman–Crippen LogP) is 3.65. The third kappa shape index (κ3) is 3.94. The summed E-state index contributed by atoms with van der Waals surface area (Å²) in [6, 6.07) is 5.41. The molecule has 0 N–H and O–H groups in total. The van der Waals surface area contributed by atoms with Crippen molar-refractivity contribution in [2.45, 2.75) is 34.7 Å². The van der Waals surface area contributed by atoms with E-state index in [2.05, 4.69) is 22.1 Å². The molecule has 0 amide bonds. The average molecular weight is 365 g/mol. The van der Waals surface area contributed by atoms with E-state index in [9.17, 15) is 4.79 Å². The molecule has 120 valence electrons. The van der Waals surface area contributed by atoms with Crippen molar-refractivity contribution in [3.05, 3.63) is 46.0 Å². The minimum atomic E-state index is -0.0502. The Morgan fingerprint density at radius 2 is 2.04 bits per heavy atom. The summed E-state index contributed by atoms with van der Waals surface area (Å²) in [5.41, 5.74) is 2.43. The molecule has 3 aromatic rings. The molecule has 0 aliphatic heterocycles. The zero-order chi connectivity index (χ0) is 16.2. The van der Waals surface area contributed by atoms with Gasteiger partial charge in [-0.1, -0.05) is 47.9 Å². The van der Waals surface area contributed by atoms with Gasteiger partial charge in [-0.3, -0.25) is 9.20 Å². The normalized spacial score (nSPS) is 11.2. The SMILES string of the molecule is CCCSc1nnc(SCc2cc(=O)n3cccc(C)c3n2)s1. The molecule has 0 unspecified atom stereocenters. The summed E-state index contributed by atoms with van der Waals surface area (Å²) < 4.78 is 3.49. The van der Waals surface area contributed by atoms with E-state index in [1.54, 1.807) is 51.5 Å². The van der Waals surface area contributed by atoms with E-state index < -0.39 is 0 Å². The highest BCUT2D eigenvalue weighted by Crippen LogP contribution is 2.30. The fourth-order valence-corrected chi connectivity index (χ4v) is 4.86. The van der Waals surface area contributed by atoms with Crippen LogP contribution in [0.1, 0.15) is 24.6 Å². The second-order valence-electron chi connectivity index (χ2n) is 4.94.